The van der Waals surface area contributed by atoms with Crippen molar-refractivity contribution >= 4 is 17.3 Å². The topological polar surface area (TPSA) is 96.0 Å². The molecule has 0 saturated carbocycles. The van der Waals surface area contributed by atoms with Gasteiger partial charge in [0.1, 0.15) is 0 Å². The van der Waals surface area contributed by atoms with Crippen LogP contribution in [0, 0.1) is 16.0 Å². The Hall–Kier alpha value is -2.49. The van der Waals surface area contributed by atoms with Crippen LogP contribution >= 0.6 is 0 Å². The average Bonchev–Trinajstić information content (AvgIpc) is 2.83. The summed E-state index contributed by atoms with van der Waals surface area (Å²) in [6.45, 7) is 3.53. The van der Waals surface area contributed by atoms with Gasteiger partial charge in [0, 0.05) is 29.8 Å². The van der Waals surface area contributed by atoms with E-state index in [4.69, 9.17) is 0 Å². The quantitative estimate of drug-likeness (QED) is 0.660. The number of nitro benzene ring substituents is 1. The largest absolute Gasteiger partial charge is 0.438 e. The zero-order chi connectivity index (χ0) is 19.0. The van der Waals surface area contributed by atoms with Gasteiger partial charge in [0.05, 0.1) is 4.92 Å². The number of hydrazone groups is 1. The molecular formula is C15H16F3N3O4. The first-order valence-corrected chi connectivity index (χ1v) is 7.40. The molecule has 7 nitrogen and oxygen atoms in total. The number of aliphatic hydroxyl groups is 1. The van der Waals surface area contributed by atoms with Gasteiger partial charge in [-0.05, 0) is 18.4 Å². The number of amides is 1. The molecule has 1 aromatic carbocycles. The lowest BCUT2D eigenvalue weighted by Gasteiger charge is -2.32. The molecule has 2 rings (SSSR count). The van der Waals surface area contributed by atoms with Crippen LogP contribution in [-0.2, 0) is 0 Å². The number of carbonyl (C=O) groups excluding carboxylic acids is 1. The van der Waals surface area contributed by atoms with Crippen molar-refractivity contribution < 1.29 is 28.0 Å². The summed E-state index contributed by atoms with van der Waals surface area (Å²) in [5, 5.41) is 24.5. The Balaban J connectivity index is 2.44. The van der Waals surface area contributed by atoms with E-state index in [-0.39, 0.29) is 28.6 Å². The van der Waals surface area contributed by atoms with Gasteiger partial charge in [-0.3, -0.25) is 14.9 Å². The molecule has 1 unspecified atom stereocenters. The van der Waals surface area contributed by atoms with Crippen molar-refractivity contribution in [1.29, 1.82) is 0 Å². The number of alkyl halides is 3. The molecule has 10 heteroatoms. The van der Waals surface area contributed by atoms with Crippen molar-refractivity contribution in [3.8, 4) is 0 Å². The van der Waals surface area contributed by atoms with Crippen LogP contribution in [0.15, 0.2) is 29.4 Å². The zero-order valence-corrected chi connectivity index (χ0v) is 13.4. The molecule has 1 N–H and O–H groups in total. The minimum atomic E-state index is -5.13. The van der Waals surface area contributed by atoms with Gasteiger partial charge < -0.3 is 5.11 Å². The second-order valence-electron chi connectivity index (χ2n) is 6.18. The predicted octanol–water partition coefficient (Wildman–Crippen LogP) is 3.09. The second-order valence-corrected chi connectivity index (χ2v) is 6.18. The fourth-order valence-corrected chi connectivity index (χ4v) is 2.51. The third kappa shape index (κ3) is 3.63. The van der Waals surface area contributed by atoms with E-state index in [1.54, 1.807) is 13.8 Å². The van der Waals surface area contributed by atoms with Gasteiger partial charge in [-0.1, -0.05) is 19.9 Å². The molecule has 1 atom stereocenters. The minimum Gasteiger partial charge on any atom is -0.362 e. The van der Waals surface area contributed by atoms with Crippen LogP contribution in [0.1, 0.15) is 37.0 Å². The van der Waals surface area contributed by atoms with E-state index in [1.165, 1.54) is 6.07 Å². The van der Waals surface area contributed by atoms with Gasteiger partial charge in [-0.25, -0.2) is 0 Å². The first-order chi connectivity index (χ1) is 11.5. The highest BCUT2D eigenvalue weighted by molar-refractivity contribution is 5.98. The third-order valence-corrected chi connectivity index (χ3v) is 3.64. The van der Waals surface area contributed by atoms with Crippen LogP contribution < -0.4 is 0 Å². The first-order valence-electron chi connectivity index (χ1n) is 7.40. The van der Waals surface area contributed by atoms with Crippen LogP contribution in [0.5, 0.6) is 0 Å². The van der Waals surface area contributed by atoms with E-state index >= 15 is 0 Å². The van der Waals surface area contributed by atoms with Gasteiger partial charge in [-0.15, -0.1) is 0 Å². The van der Waals surface area contributed by atoms with Crippen molar-refractivity contribution in [2.75, 3.05) is 0 Å². The zero-order valence-electron chi connectivity index (χ0n) is 13.4. The number of hydrogen-bond acceptors (Lipinski definition) is 5. The molecule has 0 spiro atoms. The number of nitro groups is 1. The molecule has 0 aromatic heterocycles. The summed E-state index contributed by atoms with van der Waals surface area (Å²) in [6.07, 6.45) is -5.81. The molecule has 1 aliphatic heterocycles. The van der Waals surface area contributed by atoms with E-state index in [9.17, 15) is 33.2 Å². The highest BCUT2D eigenvalue weighted by atomic mass is 19.4. The molecule has 0 aliphatic carbocycles. The Kier molecular flexibility index (Phi) is 4.85. The first kappa shape index (κ1) is 18.8. The van der Waals surface area contributed by atoms with Crippen LogP contribution in [-0.4, -0.2) is 38.6 Å². The monoisotopic (exact) mass is 359 g/mol. The van der Waals surface area contributed by atoms with Crippen molar-refractivity contribution in [2.45, 2.75) is 38.6 Å². The normalized spacial score (nSPS) is 20.8. The van der Waals surface area contributed by atoms with Gasteiger partial charge in [0.2, 0.25) is 0 Å². The fraction of sp³-hybridized carbons (Fsp3) is 0.467. The van der Waals surface area contributed by atoms with Gasteiger partial charge in [0.25, 0.3) is 17.3 Å². The molecule has 1 aliphatic rings. The number of benzene rings is 1. The molecular weight excluding hydrogens is 343 g/mol. The standard InChI is InChI=1S/C15H16F3N3O4/c1-9(2)6-11-8-14(23,15(16,17)18)20(19-11)13(22)10-4-3-5-12(7-10)21(24)25/h3-5,7,9,23H,6,8H2,1-2H3. The van der Waals surface area contributed by atoms with Crippen molar-refractivity contribution in [1.82, 2.24) is 5.01 Å². The molecule has 1 heterocycles. The molecule has 0 radical (unpaired) electrons. The van der Waals surface area contributed by atoms with Crippen LogP contribution in [0.25, 0.3) is 0 Å². The van der Waals surface area contributed by atoms with Gasteiger partial charge >= 0.3 is 6.18 Å². The Morgan fingerprint density at radius 2 is 2.12 bits per heavy atom. The SMILES string of the molecule is CC(C)CC1=NN(C(=O)c2cccc([N+](=O)[O-])c2)C(O)(C(F)(F)F)C1. The summed E-state index contributed by atoms with van der Waals surface area (Å²) in [6, 6.07) is 4.24. The number of nitrogens with zero attached hydrogens (tertiary/aromatic N) is 3. The van der Waals surface area contributed by atoms with Gasteiger partial charge in [-0.2, -0.15) is 23.3 Å². The van der Waals surface area contributed by atoms with Crippen LogP contribution in [0.3, 0.4) is 0 Å². The molecule has 0 saturated heterocycles. The number of hydrogen-bond donors (Lipinski definition) is 1. The lowest BCUT2D eigenvalue weighted by atomic mass is 9.99. The summed E-state index contributed by atoms with van der Waals surface area (Å²) in [7, 11) is 0. The number of rotatable bonds is 4. The highest BCUT2D eigenvalue weighted by Gasteiger charge is 2.63. The number of halogens is 3. The maximum absolute atomic E-state index is 13.4. The summed E-state index contributed by atoms with van der Waals surface area (Å²) >= 11 is 0. The number of non-ortho nitro benzene ring substituents is 1. The van der Waals surface area contributed by atoms with E-state index in [0.29, 0.717) is 0 Å². The lowest BCUT2D eigenvalue weighted by Crippen LogP contribution is -2.56. The van der Waals surface area contributed by atoms with Crippen LogP contribution in [0.2, 0.25) is 0 Å². The van der Waals surface area contributed by atoms with Crippen molar-refractivity contribution in [2.24, 2.45) is 11.0 Å². The molecule has 0 fully saturated rings. The molecule has 25 heavy (non-hydrogen) atoms. The van der Waals surface area contributed by atoms with Crippen LogP contribution in [0.4, 0.5) is 18.9 Å². The van der Waals surface area contributed by atoms with Gasteiger partial charge in [0.15, 0.2) is 0 Å². The van der Waals surface area contributed by atoms with E-state index in [1.807, 2.05) is 0 Å². The Morgan fingerprint density at radius 3 is 2.64 bits per heavy atom. The maximum Gasteiger partial charge on any atom is 0.438 e. The average molecular weight is 359 g/mol. The maximum atomic E-state index is 13.4. The minimum absolute atomic E-state index is 0.0240. The molecule has 1 amide bonds. The third-order valence-electron chi connectivity index (χ3n) is 3.64. The van der Waals surface area contributed by atoms with E-state index < -0.39 is 34.8 Å². The molecule has 0 bridgehead atoms. The van der Waals surface area contributed by atoms with E-state index in [0.717, 1.165) is 18.2 Å². The Labute approximate surface area is 140 Å². The number of carbonyl (C=O) groups is 1. The fourth-order valence-electron chi connectivity index (χ4n) is 2.51. The Bertz CT molecular complexity index is 733. The predicted molar refractivity (Wildman–Crippen MR) is 81.8 cm³/mol. The van der Waals surface area contributed by atoms with Crippen molar-refractivity contribution in [3.63, 3.8) is 0 Å². The smallest absolute Gasteiger partial charge is 0.362 e. The molecule has 1 aromatic rings. The summed E-state index contributed by atoms with van der Waals surface area (Å²) in [4.78, 5) is 22.5. The Morgan fingerprint density at radius 1 is 1.48 bits per heavy atom. The van der Waals surface area contributed by atoms with Crippen molar-refractivity contribution in [3.05, 3.63) is 39.9 Å². The summed E-state index contributed by atoms with van der Waals surface area (Å²) < 4.78 is 40.1. The lowest BCUT2D eigenvalue weighted by molar-refractivity contribution is -0.384. The summed E-state index contributed by atoms with van der Waals surface area (Å²) in [5.41, 5.74) is -4.26. The second kappa shape index (κ2) is 6.43. The highest BCUT2D eigenvalue weighted by Crippen LogP contribution is 2.41. The van der Waals surface area contributed by atoms with E-state index in [2.05, 4.69) is 5.10 Å². The summed E-state index contributed by atoms with van der Waals surface area (Å²) in [5.74, 6) is -1.29. The molecule has 136 valence electrons.